The Labute approximate surface area is 732 Å². The molecule has 0 aliphatic heterocycles. The van der Waals surface area contributed by atoms with E-state index in [-0.39, 0.29) is 29.1 Å². The zero-order valence-electron chi connectivity index (χ0n) is 70.4. The van der Waals surface area contributed by atoms with Gasteiger partial charge in [0.15, 0.2) is 5.78 Å². The maximum absolute atomic E-state index is 11.4. The van der Waals surface area contributed by atoms with Crippen LogP contribution >= 0.6 is 0 Å². The topological polar surface area (TPSA) is 717 Å². The van der Waals surface area contributed by atoms with E-state index < -0.39 is 77.1 Å². The van der Waals surface area contributed by atoms with Crippen molar-refractivity contribution in [2.24, 2.45) is 17.4 Å². The number of ketones is 1. The first kappa shape index (κ1) is 113. The number of ether oxygens (including phenoxy) is 2. The summed E-state index contributed by atoms with van der Waals surface area (Å²) in [6.07, 6.45) is 20.6. The van der Waals surface area contributed by atoms with Crippen LogP contribution in [0.15, 0.2) is 242 Å². The molecular weight excluding hydrogens is 1650 g/mol. The van der Waals surface area contributed by atoms with E-state index in [0.29, 0.717) is 114 Å². The summed E-state index contributed by atoms with van der Waals surface area (Å²) in [5.74, 6) is -11.1. The van der Waals surface area contributed by atoms with Crippen molar-refractivity contribution >= 4 is 157 Å². The smallest absolute Gasteiger partial charge is 0.371 e. The fraction of sp³-hybridized carbons (Fsp3) is 0.218. The normalized spacial score (nSPS) is 10.7. The van der Waals surface area contributed by atoms with E-state index >= 15 is 0 Å². The Bertz CT molecular complexity index is 4680. The summed E-state index contributed by atoms with van der Waals surface area (Å²) in [4.78, 5) is 173. The molecule has 682 valence electrons. The number of hydrogen-bond acceptors (Lipinski definition) is 26. The van der Waals surface area contributed by atoms with Crippen LogP contribution in [0.2, 0.25) is 0 Å². The van der Waals surface area contributed by atoms with E-state index in [9.17, 15) is 76.7 Å². The molecule has 0 heterocycles. The van der Waals surface area contributed by atoms with Crippen molar-refractivity contribution in [3.8, 4) is 0 Å². The number of unbranched alkanes of at least 4 members (excludes halogenated alkanes) is 3. The lowest BCUT2D eigenvalue weighted by atomic mass is 10.1. The largest absolute Gasteiger partial charge is 0.490 e. The summed E-state index contributed by atoms with van der Waals surface area (Å²) >= 11 is 0. The van der Waals surface area contributed by atoms with Crippen molar-refractivity contribution in [2.45, 2.75) is 72.1 Å². The van der Waals surface area contributed by atoms with Crippen LogP contribution < -0.4 is 88.4 Å². The fourth-order valence-electron chi connectivity index (χ4n) is 8.22. The first-order valence-corrected chi connectivity index (χ1v) is 38.0. The van der Waals surface area contributed by atoms with Crippen molar-refractivity contribution in [3.63, 3.8) is 0 Å². The summed E-state index contributed by atoms with van der Waals surface area (Å²) in [5.41, 5.74) is 51.3. The van der Waals surface area contributed by atoms with Gasteiger partial charge in [-0.25, -0.2) is 33.6 Å². The van der Waals surface area contributed by atoms with Crippen LogP contribution in [0.1, 0.15) is 71.3 Å². The summed E-state index contributed by atoms with van der Waals surface area (Å²) in [7, 11) is 2.42. The van der Waals surface area contributed by atoms with E-state index in [1.165, 1.54) is 33.3 Å². The molecule has 0 saturated carbocycles. The van der Waals surface area contributed by atoms with Gasteiger partial charge in [-0.15, -0.1) is 0 Å². The number of esters is 1. The van der Waals surface area contributed by atoms with Crippen LogP contribution in [0.3, 0.4) is 0 Å². The summed E-state index contributed by atoms with van der Waals surface area (Å²) in [5, 5.41) is 70.7. The first-order chi connectivity index (χ1) is 60.1. The zero-order valence-corrected chi connectivity index (χ0v) is 70.4. The minimum atomic E-state index is -1.31. The van der Waals surface area contributed by atoms with Gasteiger partial charge in [-0.2, -0.15) is 0 Å². The van der Waals surface area contributed by atoms with Gasteiger partial charge in [-0.1, -0.05) is 38.8 Å². The van der Waals surface area contributed by atoms with Crippen molar-refractivity contribution < 1.29 is 117 Å². The number of aliphatic carboxylic acids is 6. The number of benzene rings is 6. The van der Waals surface area contributed by atoms with Gasteiger partial charge in [0.1, 0.15) is 0 Å². The van der Waals surface area contributed by atoms with E-state index in [0.717, 1.165) is 117 Å². The Hall–Kier alpha value is -16.5. The molecule has 0 spiro atoms. The van der Waals surface area contributed by atoms with Gasteiger partial charge in [-0.3, -0.25) is 43.2 Å². The summed E-state index contributed by atoms with van der Waals surface area (Å²) in [6.45, 7) is 8.06. The van der Waals surface area contributed by atoms with Gasteiger partial charge < -0.3 is 129 Å². The number of anilines is 11. The third-order valence-corrected chi connectivity index (χ3v) is 14.8. The molecule has 1 atom stereocenters. The standard InChI is InChI=1S/C12H14N2O3.C12H14N2O2.C11H12N2O4.2C11H12N2O3.C10H10N2O3.2C10H18N2O3/c13-10-3-1-9(2-4-10)7-8-14-11(15)5-6-12(16)17;1-2-11(15)7-8-12(16)14-10-5-3-9(13)4-6-10;1-17-9(11(15)16)6-10(14)13-8-4-2-7(12)3-5-8;1-16-11(15)7-6-10(14)13-9-4-2-8(12)3-5-9;1-7(11(15)16)6-10(14)13-9-4-2-8(12)3-5-9;11-7-1-3-8(4-2-7)12-9(13)5-6-10(14)15;1-8(7-11)3-2-6-12-9(13)4-5-10(14)15;11-7-3-1-2-4-8-12-9(13)5-6-10(14)15/h1-6H,7-8,13H2,(H,14,15)(H,16,17);3-8H,2,13H2,1H3,(H,14,16);2-6H,12H2,1H3,(H,13,14)(H,15,16);2-7H,12H2,1H3,(H,13,14);2-6H,12H2,1H3,(H,13,14)(H,15,16);1-6H,11H2,(H,12,13)(H,14,15);4-5,8H,2-3,6-7,11H2,1H3,(H,12,13)(H,14,15);5-6H,1-4,7-8,11H2,(H,12,13)(H,14,15)/b6-5-;8-7-;9-6+;2*7-6-;6-5-;5-4-;6-5-. The second kappa shape index (κ2) is 68.2. The molecule has 1 unspecified atom stereocenters. The highest BCUT2D eigenvalue weighted by atomic mass is 16.5. The van der Waals surface area contributed by atoms with Crippen molar-refractivity contribution in [3.05, 3.63) is 248 Å². The van der Waals surface area contributed by atoms with Crippen LogP contribution in [-0.2, 0) is 92.6 Å². The third-order valence-electron chi connectivity index (χ3n) is 14.8. The molecule has 6 aromatic rings. The van der Waals surface area contributed by atoms with E-state index in [1.54, 1.807) is 140 Å². The van der Waals surface area contributed by atoms with E-state index in [4.69, 9.17) is 76.5 Å². The van der Waals surface area contributed by atoms with Crippen molar-refractivity contribution in [2.75, 3.05) is 108 Å². The van der Waals surface area contributed by atoms with Crippen LogP contribution in [0.4, 0.5) is 62.6 Å². The Balaban J connectivity index is 0. The Morgan fingerprint density at radius 1 is 0.346 bits per heavy atom. The highest BCUT2D eigenvalue weighted by Crippen LogP contribution is 2.16. The molecule has 6 aromatic carbocycles. The minimum absolute atomic E-state index is 0.0204. The second-order valence-corrected chi connectivity index (χ2v) is 25.5. The molecule has 127 heavy (non-hydrogen) atoms. The van der Waals surface area contributed by atoms with Gasteiger partial charge in [0, 0.05) is 167 Å². The highest BCUT2D eigenvalue weighted by Gasteiger charge is 2.11. The molecule has 0 aliphatic rings. The van der Waals surface area contributed by atoms with Crippen LogP contribution in [0, 0.1) is 5.92 Å². The number of carbonyl (C=O) groups excluding carboxylic acids is 10. The number of hydrogen-bond donors (Lipinski definition) is 22. The molecule has 0 aliphatic carbocycles. The number of rotatable bonds is 37. The lowest BCUT2D eigenvalue weighted by Crippen LogP contribution is -2.23. The minimum Gasteiger partial charge on any atom is -0.490 e. The number of carboxylic acids is 6. The average Bonchev–Trinajstić information content (AvgIpc) is 0.888. The van der Waals surface area contributed by atoms with Crippen molar-refractivity contribution in [1.82, 2.24) is 16.0 Å². The second-order valence-electron chi connectivity index (χ2n) is 25.5. The number of nitrogen functional groups attached to an aromatic ring is 6. The molecule has 0 saturated heterocycles. The van der Waals surface area contributed by atoms with Gasteiger partial charge >= 0.3 is 41.8 Å². The monoisotopic (exact) mass is 1760 g/mol. The summed E-state index contributed by atoms with van der Waals surface area (Å²) < 4.78 is 8.86. The maximum Gasteiger partial charge on any atom is 0.371 e. The SMILES string of the molecule is C/C(=C/C(=O)Nc1ccc(N)cc1)C(=O)O.CC(CN)CCCNC(=O)/C=C\C(=O)O.CCC(=O)/C=C\C(=O)Nc1ccc(N)cc1.CO/C(=C/C(=O)Nc1ccc(N)cc1)C(=O)O.COC(=O)/C=C\C(=O)Nc1ccc(N)cc1.NCCCCCCNC(=O)/C=C\C(=O)O.Nc1ccc(CCNC(=O)/C=C\C(=O)O)cc1.Nc1ccc(NC(=O)/C=C\C(=O)O)cc1. The highest BCUT2D eigenvalue weighted by molar-refractivity contribution is 6.07. The number of nitrogens with one attached hydrogen (secondary N) is 8. The quantitative estimate of drug-likeness (QED) is 0.00647. The molecule has 8 amide bonds. The number of carbonyl (C=O) groups is 16. The lowest BCUT2D eigenvalue weighted by molar-refractivity contribution is -0.136. The molecular formula is C87H110N16O24. The predicted molar refractivity (Wildman–Crippen MR) is 483 cm³/mol. The lowest BCUT2D eigenvalue weighted by Gasteiger charge is -2.07. The van der Waals surface area contributed by atoms with Gasteiger partial charge in [0.05, 0.1) is 20.3 Å². The van der Waals surface area contributed by atoms with Crippen LogP contribution in [0.25, 0.3) is 0 Å². The molecule has 40 heteroatoms. The third kappa shape index (κ3) is 66.0. The maximum atomic E-state index is 11.4. The molecule has 30 N–H and O–H groups in total. The molecule has 0 fully saturated rings. The van der Waals surface area contributed by atoms with Gasteiger partial charge in [0.2, 0.25) is 47.1 Å². The first-order valence-electron chi connectivity index (χ1n) is 38.0. The van der Waals surface area contributed by atoms with Crippen molar-refractivity contribution in [1.29, 1.82) is 0 Å². The van der Waals surface area contributed by atoms with Gasteiger partial charge in [-0.05, 0) is 203 Å². The Kier molecular flexibility index (Phi) is 60.4. The fourth-order valence-corrected chi connectivity index (χ4v) is 8.22. The number of allylic oxidation sites excluding steroid dienone is 1. The summed E-state index contributed by atoms with van der Waals surface area (Å²) in [6, 6.07) is 40.3. The van der Waals surface area contributed by atoms with E-state index in [1.807, 2.05) is 19.1 Å². The molecule has 6 rings (SSSR count). The Morgan fingerprint density at radius 2 is 0.646 bits per heavy atom. The average molecular weight is 1760 g/mol. The predicted octanol–water partition coefficient (Wildman–Crippen LogP) is 6.54. The number of carboxylic acid groups (broad SMARTS) is 6. The molecule has 0 radical (unpaired) electrons. The Morgan fingerprint density at radius 3 is 0.953 bits per heavy atom. The number of amides is 8. The van der Waals surface area contributed by atoms with E-state index in [2.05, 4.69) is 52.0 Å². The van der Waals surface area contributed by atoms with Gasteiger partial charge in [0.25, 0.3) is 5.91 Å². The van der Waals surface area contributed by atoms with Crippen LogP contribution in [0.5, 0.6) is 0 Å². The number of methoxy groups -OCH3 is 2. The van der Waals surface area contributed by atoms with Crippen LogP contribution in [-0.4, -0.2) is 172 Å². The number of nitrogens with two attached hydrogens (primary N) is 8. The molecule has 40 nitrogen and oxygen atoms in total. The molecule has 0 bridgehead atoms. The molecule has 0 aromatic heterocycles. The zero-order chi connectivity index (χ0) is 96.0.